The third kappa shape index (κ3) is 4.47. The molecule has 1 aliphatic heterocycles. The smallest absolute Gasteiger partial charge is 0.247 e. The van der Waals surface area contributed by atoms with Crippen molar-refractivity contribution >= 4 is 17.5 Å². The zero-order valence-corrected chi connectivity index (χ0v) is 16.6. The number of anilines is 3. The van der Waals surface area contributed by atoms with Gasteiger partial charge in [0.2, 0.25) is 5.95 Å². The molecular formula is C23H27N5. The average molecular weight is 374 g/mol. The highest BCUT2D eigenvalue weighted by Crippen LogP contribution is 2.25. The summed E-state index contributed by atoms with van der Waals surface area (Å²) in [6.07, 6.45) is 5.16. The van der Waals surface area contributed by atoms with Gasteiger partial charge in [-0.2, -0.15) is 10.1 Å². The lowest BCUT2D eigenvalue weighted by molar-refractivity contribution is 0.400. The summed E-state index contributed by atoms with van der Waals surface area (Å²) < 4.78 is 0. The van der Waals surface area contributed by atoms with Crippen molar-refractivity contribution < 1.29 is 0 Å². The predicted molar refractivity (Wildman–Crippen MR) is 114 cm³/mol. The molecule has 2 aromatic carbocycles. The molecule has 2 heterocycles. The second kappa shape index (κ2) is 8.38. The maximum Gasteiger partial charge on any atom is 0.247 e. The van der Waals surface area contributed by atoms with Gasteiger partial charge in [-0.25, -0.2) is 0 Å². The molecule has 1 fully saturated rings. The third-order valence-corrected chi connectivity index (χ3v) is 5.47. The van der Waals surface area contributed by atoms with Crippen LogP contribution in [0.1, 0.15) is 29.5 Å². The fourth-order valence-electron chi connectivity index (χ4n) is 3.78. The minimum absolute atomic E-state index is 0.716. The summed E-state index contributed by atoms with van der Waals surface area (Å²) in [7, 11) is 0. The normalized spacial score (nSPS) is 14.9. The molecule has 144 valence electrons. The van der Waals surface area contributed by atoms with E-state index in [-0.39, 0.29) is 0 Å². The van der Waals surface area contributed by atoms with Crippen molar-refractivity contribution in [2.45, 2.75) is 33.1 Å². The summed E-state index contributed by atoms with van der Waals surface area (Å²) >= 11 is 0. The Bertz CT molecular complexity index is 917. The lowest BCUT2D eigenvalue weighted by Gasteiger charge is -2.31. The van der Waals surface area contributed by atoms with Gasteiger partial charge in [0.25, 0.3) is 0 Å². The molecule has 3 aromatic rings. The molecule has 0 amide bonds. The predicted octanol–water partition coefficient (Wildman–Crippen LogP) is 4.69. The van der Waals surface area contributed by atoms with Gasteiger partial charge in [-0.05, 0) is 61.8 Å². The van der Waals surface area contributed by atoms with E-state index >= 15 is 0 Å². The highest BCUT2D eigenvalue weighted by molar-refractivity contribution is 5.61. The first kappa shape index (κ1) is 18.4. The monoisotopic (exact) mass is 373 g/mol. The fourth-order valence-corrected chi connectivity index (χ4v) is 3.78. The highest BCUT2D eigenvalue weighted by atomic mass is 15.3. The summed E-state index contributed by atoms with van der Waals surface area (Å²) in [5.41, 5.74) is 4.90. The second-order valence-corrected chi connectivity index (χ2v) is 7.71. The number of nitrogens with zero attached hydrogens (tertiary/aromatic N) is 4. The van der Waals surface area contributed by atoms with Crippen molar-refractivity contribution in [3.05, 3.63) is 71.4 Å². The molecule has 4 rings (SSSR count). The molecule has 0 spiro atoms. The lowest BCUT2D eigenvalue weighted by atomic mass is 9.90. The molecule has 0 saturated carbocycles. The SMILES string of the molecule is Cc1ccc(C)c(Nc2cnnc(N3CCC(Cc4ccccc4)CC3)n2)c1. The van der Waals surface area contributed by atoms with Crippen molar-refractivity contribution in [2.24, 2.45) is 5.92 Å². The van der Waals surface area contributed by atoms with Gasteiger partial charge >= 0.3 is 0 Å². The standard InChI is InChI=1S/C23H27N5/c1-17-8-9-18(2)21(14-17)25-22-16-24-27-23(26-22)28-12-10-20(11-13-28)15-19-6-4-3-5-7-19/h3-9,14,16,20H,10-13,15H2,1-2H3,(H,25,26,27). The van der Waals surface area contributed by atoms with Gasteiger partial charge in [0.1, 0.15) is 0 Å². The van der Waals surface area contributed by atoms with Crippen molar-refractivity contribution in [3.8, 4) is 0 Å². The number of hydrogen-bond donors (Lipinski definition) is 1. The quantitative estimate of drug-likeness (QED) is 0.703. The molecule has 28 heavy (non-hydrogen) atoms. The van der Waals surface area contributed by atoms with E-state index in [1.165, 1.54) is 16.7 Å². The van der Waals surface area contributed by atoms with E-state index in [1.807, 2.05) is 0 Å². The van der Waals surface area contributed by atoms with E-state index in [0.717, 1.165) is 49.8 Å². The maximum absolute atomic E-state index is 4.71. The molecule has 0 bridgehead atoms. The van der Waals surface area contributed by atoms with Crippen LogP contribution in [-0.2, 0) is 6.42 Å². The molecule has 0 aliphatic carbocycles. The molecule has 1 N–H and O–H groups in total. The van der Waals surface area contributed by atoms with Gasteiger partial charge in [-0.15, -0.1) is 5.10 Å². The van der Waals surface area contributed by atoms with Crippen LogP contribution in [0.25, 0.3) is 0 Å². The third-order valence-electron chi connectivity index (χ3n) is 5.47. The van der Waals surface area contributed by atoms with E-state index in [2.05, 4.69) is 82.8 Å². The van der Waals surface area contributed by atoms with Gasteiger partial charge in [-0.3, -0.25) is 0 Å². The molecule has 5 heteroatoms. The van der Waals surface area contributed by atoms with E-state index in [9.17, 15) is 0 Å². The molecule has 0 atom stereocenters. The molecule has 1 aromatic heterocycles. The first-order valence-electron chi connectivity index (χ1n) is 10.0. The van der Waals surface area contributed by atoms with Crippen LogP contribution in [0.2, 0.25) is 0 Å². The minimum atomic E-state index is 0.716. The van der Waals surface area contributed by atoms with Crippen LogP contribution in [-0.4, -0.2) is 28.3 Å². The molecular weight excluding hydrogens is 346 g/mol. The number of piperidine rings is 1. The first-order chi connectivity index (χ1) is 13.7. The maximum atomic E-state index is 4.71. The first-order valence-corrected chi connectivity index (χ1v) is 10.0. The van der Waals surface area contributed by atoms with Crippen LogP contribution in [0.3, 0.4) is 0 Å². The fraction of sp³-hybridized carbons (Fsp3) is 0.348. The Labute approximate surface area is 166 Å². The topological polar surface area (TPSA) is 53.9 Å². The van der Waals surface area contributed by atoms with Crippen LogP contribution < -0.4 is 10.2 Å². The van der Waals surface area contributed by atoms with Gasteiger partial charge in [0, 0.05) is 18.8 Å². The zero-order valence-electron chi connectivity index (χ0n) is 16.6. The molecule has 1 saturated heterocycles. The Hall–Kier alpha value is -2.95. The number of nitrogens with one attached hydrogen (secondary N) is 1. The summed E-state index contributed by atoms with van der Waals surface area (Å²) in [5.74, 6) is 2.18. The molecule has 0 radical (unpaired) electrons. The Morgan fingerprint density at radius 3 is 2.61 bits per heavy atom. The largest absolute Gasteiger partial charge is 0.339 e. The Morgan fingerprint density at radius 1 is 1.04 bits per heavy atom. The zero-order chi connectivity index (χ0) is 19.3. The van der Waals surface area contributed by atoms with Crippen molar-refractivity contribution in [2.75, 3.05) is 23.3 Å². The number of rotatable bonds is 5. The summed E-state index contributed by atoms with van der Waals surface area (Å²) in [4.78, 5) is 6.97. The number of benzene rings is 2. The number of aromatic nitrogens is 3. The van der Waals surface area contributed by atoms with Crippen LogP contribution in [0, 0.1) is 19.8 Å². The van der Waals surface area contributed by atoms with E-state index < -0.39 is 0 Å². The van der Waals surface area contributed by atoms with Gasteiger partial charge < -0.3 is 10.2 Å². The van der Waals surface area contributed by atoms with Crippen LogP contribution in [0.4, 0.5) is 17.5 Å². The van der Waals surface area contributed by atoms with Gasteiger partial charge in [-0.1, -0.05) is 42.5 Å². The van der Waals surface area contributed by atoms with Gasteiger partial charge in [0.05, 0.1) is 6.20 Å². The highest BCUT2D eigenvalue weighted by Gasteiger charge is 2.21. The van der Waals surface area contributed by atoms with Crippen molar-refractivity contribution in [1.82, 2.24) is 15.2 Å². The van der Waals surface area contributed by atoms with Crippen LogP contribution >= 0.6 is 0 Å². The van der Waals surface area contributed by atoms with Crippen LogP contribution in [0.15, 0.2) is 54.7 Å². The number of hydrogen-bond acceptors (Lipinski definition) is 5. The Balaban J connectivity index is 1.39. The van der Waals surface area contributed by atoms with E-state index in [1.54, 1.807) is 6.20 Å². The van der Waals surface area contributed by atoms with E-state index in [4.69, 9.17) is 4.98 Å². The van der Waals surface area contributed by atoms with Crippen LogP contribution in [0.5, 0.6) is 0 Å². The summed E-state index contributed by atoms with van der Waals surface area (Å²) in [6.45, 7) is 6.14. The van der Waals surface area contributed by atoms with Gasteiger partial charge in [0.15, 0.2) is 5.82 Å². The molecule has 1 aliphatic rings. The number of aryl methyl sites for hydroxylation is 2. The minimum Gasteiger partial charge on any atom is -0.339 e. The summed E-state index contributed by atoms with van der Waals surface area (Å²) in [5, 5.41) is 11.9. The van der Waals surface area contributed by atoms with E-state index in [0.29, 0.717) is 5.95 Å². The Kier molecular flexibility index (Phi) is 5.51. The Morgan fingerprint density at radius 2 is 1.82 bits per heavy atom. The second-order valence-electron chi connectivity index (χ2n) is 7.71. The molecule has 0 unspecified atom stereocenters. The lowest BCUT2D eigenvalue weighted by Crippen LogP contribution is -2.35. The average Bonchev–Trinajstić information content (AvgIpc) is 2.72. The van der Waals surface area contributed by atoms with Crippen molar-refractivity contribution in [1.29, 1.82) is 0 Å². The molecule has 5 nitrogen and oxygen atoms in total. The van der Waals surface area contributed by atoms with Crippen molar-refractivity contribution in [3.63, 3.8) is 0 Å². The summed E-state index contributed by atoms with van der Waals surface area (Å²) in [6, 6.07) is 17.1.